The van der Waals surface area contributed by atoms with Crippen LogP contribution in [0.15, 0.2) is 78.9 Å². The number of anilines is 3. The maximum atomic E-state index is 13.6. The molecule has 2 aliphatic rings. The van der Waals surface area contributed by atoms with Gasteiger partial charge in [-0.25, -0.2) is 9.59 Å². The first-order valence-electron chi connectivity index (χ1n) is 15.9. The van der Waals surface area contributed by atoms with E-state index < -0.39 is 18.2 Å². The van der Waals surface area contributed by atoms with Gasteiger partial charge in [0.15, 0.2) is 11.5 Å². The van der Waals surface area contributed by atoms with E-state index in [9.17, 15) is 19.5 Å². The number of fused-ring (bicyclic) bond motifs is 3. The molecule has 0 aromatic heterocycles. The number of ether oxygens (including phenoxy) is 3. The van der Waals surface area contributed by atoms with Gasteiger partial charge in [-0.3, -0.25) is 4.79 Å². The second-order valence-electron chi connectivity index (χ2n) is 12.2. The van der Waals surface area contributed by atoms with Gasteiger partial charge in [0.2, 0.25) is 12.7 Å². The number of aliphatic hydroxyl groups excluding tert-OH is 1. The molecule has 0 unspecified atom stereocenters. The van der Waals surface area contributed by atoms with Gasteiger partial charge in [0.25, 0.3) is 0 Å². The number of urea groups is 2. The summed E-state index contributed by atoms with van der Waals surface area (Å²) in [5.41, 5.74) is 2.26. The molecule has 2 aliphatic heterocycles. The van der Waals surface area contributed by atoms with Crippen LogP contribution in [0.5, 0.6) is 17.2 Å². The Balaban J connectivity index is 1.20. The molecule has 5 amide bonds. The van der Waals surface area contributed by atoms with Gasteiger partial charge < -0.3 is 45.1 Å². The normalized spacial score (nSPS) is 17.7. The first-order valence-corrected chi connectivity index (χ1v) is 15.9. The number of carbonyl (C=O) groups excluding carboxylic acids is 3. The van der Waals surface area contributed by atoms with Crippen LogP contribution in [0.2, 0.25) is 0 Å². The van der Waals surface area contributed by atoms with E-state index >= 15 is 0 Å². The predicted octanol–water partition coefficient (Wildman–Crippen LogP) is 5.53. The molecule has 12 nitrogen and oxygen atoms in total. The summed E-state index contributed by atoms with van der Waals surface area (Å²) in [6.07, 6.45) is -0.505. The lowest BCUT2D eigenvalue weighted by atomic mass is 10.0. The highest BCUT2D eigenvalue weighted by Crippen LogP contribution is 2.34. The van der Waals surface area contributed by atoms with E-state index in [1.165, 1.54) is 0 Å². The van der Waals surface area contributed by atoms with Crippen LogP contribution in [-0.2, 0) is 11.2 Å². The molecule has 0 bridgehead atoms. The second-order valence-corrected chi connectivity index (χ2v) is 12.2. The van der Waals surface area contributed by atoms with E-state index in [2.05, 4.69) is 16.0 Å². The lowest BCUT2D eigenvalue weighted by Crippen LogP contribution is -2.48. The fourth-order valence-corrected chi connectivity index (χ4v) is 5.89. The maximum Gasteiger partial charge on any atom is 0.323 e. The zero-order valence-corrected chi connectivity index (χ0v) is 27.1. The van der Waals surface area contributed by atoms with E-state index in [1.54, 1.807) is 60.2 Å². The number of benzene rings is 4. The van der Waals surface area contributed by atoms with Crippen molar-refractivity contribution in [2.24, 2.45) is 5.92 Å². The minimum atomic E-state index is -0.501. The average molecular weight is 654 g/mol. The van der Waals surface area contributed by atoms with Gasteiger partial charge in [0, 0.05) is 47.9 Å². The van der Waals surface area contributed by atoms with E-state index in [4.69, 9.17) is 14.2 Å². The summed E-state index contributed by atoms with van der Waals surface area (Å²) in [7, 11) is 1.70. The third kappa shape index (κ3) is 7.23. The van der Waals surface area contributed by atoms with Crippen LogP contribution >= 0.6 is 0 Å². The molecule has 2 heterocycles. The van der Waals surface area contributed by atoms with Crippen LogP contribution in [0.25, 0.3) is 10.8 Å². The SMILES string of the molecule is C[C@H](CO)N1C[C@H](C)[C@@H](CN(C)C(=O)Nc2cccc3ccccc23)Oc2ccc(NC(=O)Nc3ccc4c(c3)OCO4)cc2CC1=O. The van der Waals surface area contributed by atoms with Crippen molar-refractivity contribution in [3.05, 3.63) is 84.4 Å². The third-order valence-electron chi connectivity index (χ3n) is 8.64. The van der Waals surface area contributed by atoms with Crippen molar-refractivity contribution in [2.45, 2.75) is 32.4 Å². The van der Waals surface area contributed by atoms with E-state index in [0.29, 0.717) is 46.4 Å². The molecule has 6 rings (SSSR count). The van der Waals surface area contributed by atoms with Gasteiger partial charge in [-0.2, -0.15) is 0 Å². The van der Waals surface area contributed by atoms with E-state index in [0.717, 1.165) is 10.8 Å². The quantitative estimate of drug-likeness (QED) is 0.206. The van der Waals surface area contributed by atoms with Crippen molar-refractivity contribution in [2.75, 3.05) is 49.5 Å². The van der Waals surface area contributed by atoms with Crippen molar-refractivity contribution >= 4 is 45.8 Å². The molecule has 48 heavy (non-hydrogen) atoms. The Bertz CT molecular complexity index is 1830. The molecule has 3 atom stereocenters. The van der Waals surface area contributed by atoms with Gasteiger partial charge in [-0.15, -0.1) is 0 Å². The summed E-state index contributed by atoms with van der Waals surface area (Å²) in [5.74, 6) is 1.24. The minimum absolute atomic E-state index is 0.00415. The fraction of sp³-hybridized carbons (Fsp3) is 0.306. The molecule has 0 aliphatic carbocycles. The van der Waals surface area contributed by atoms with Crippen molar-refractivity contribution in [1.82, 2.24) is 9.80 Å². The average Bonchev–Trinajstić information content (AvgIpc) is 3.56. The summed E-state index contributed by atoms with van der Waals surface area (Å²) in [4.78, 5) is 43.1. The van der Waals surface area contributed by atoms with Crippen LogP contribution in [0.3, 0.4) is 0 Å². The van der Waals surface area contributed by atoms with Crippen molar-refractivity contribution in [3.8, 4) is 17.2 Å². The van der Waals surface area contributed by atoms with Crippen molar-refractivity contribution in [3.63, 3.8) is 0 Å². The van der Waals surface area contributed by atoms with Crippen LogP contribution < -0.4 is 30.2 Å². The maximum absolute atomic E-state index is 13.6. The molecular weight excluding hydrogens is 614 g/mol. The lowest BCUT2D eigenvalue weighted by Gasteiger charge is -2.34. The largest absolute Gasteiger partial charge is 0.488 e. The van der Waals surface area contributed by atoms with Crippen LogP contribution in [0.4, 0.5) is 26.7 Å². The molecule has 4 aromatic rings. The Morgan fingerprint density at radius 1 is 0.938 bits per heavy atom. The molecule has 250 valence electrons. The minimum Gasteiger partial charge on any atom is -0.488 e. The number of hydrogen-bond acceptors (Lipinski definition) is 7. The highest BCUT2D eigenvalue weighted by atomic mass is 16.7. The molecule has 0 spiro atoms. The van der Waals surface area contributed by atoms with Crippen LogP contribution in [0.1, 0.15) is 19.4 Å². The number of nitrogens with one attached hydrogen (secondary N) is 3. The van der Waals surface area contributed by atoms with Crippen LogP contribution in [-0.4, -0.2) is 78.6 Å². The summed E-state index contributed by atoms with van der Waals surface area (Å²) >= 11 is 0. The van der Waals surface area contributed by atoms with Crippen molar-refractivity contribution in [1.29, 1.82) is 0 Å². The Morgan fingerprint density at radius 2 is 1.65 bits per heavy atom. The number of hydrogen-bond donors (Lipinski definition) is 4. The highest BCUT2D eigenvalue weighted by molar-refractivity contribution is 6.02. The summed E-state index contributed by atoms with van der Waals surface area (Å²) < 4.78 is 17.3. The number of amides is 5. The molecule has 0 radical (unpaired) electrons. The Morgan fingerprint density at radius 3 is 2.44 bits per heavy atom. The molecule has 0 saturated carbocycles. The van der Waals surface area contributed by atoms with Gasteiger partial charge >= 0.3 is 12.1 Å². The fourth-order valence-electron chi connectivity index (χ4n) is 5.89. The van der Waals surface area contributed by atoms with E-state index in [1.807, 2.05) is 49.4 Å². The number of nitrogens with zero attached hydrogens (tertiary/aromatic N) is 2. The molecule has 12 heteroatoms. The molecule has 4 N–H and O–H groups in total. The zero-order chi connectivity index (χ0) is 33.8. The first kappa shape index (κ1) is 32.5. The zero-order valence-electron chi connectivity index (χ0n) is 27.1. The summed E-state index contributed by atoms with van der Waals surface area (Å²) in [5, 5.41) is 20.6. The topological polar surface area (TPSA) is 142 Å². The van der Waals surface area contributed by atoms with Crippen molar-refractivity contribution < 1.29 is 33.7 Å². The van der Waals surface area contributed by atoms with Gasteiger partial charge in [0.05, 0.1) is 31.3 Å². The predicted molar refractivity (Wildman–Crippen MR) is 183 cm³/mol. The molecule has 4 aromatic carbocycles. The lowest BCUT2D eigenvalue weighted by molar-refractivity contribution is -0.134. The highest BCUT2D eigenvalue weighted by Gasteiger charge is 2.32. The van der Waals surface area contributed by atoms with Gasteiger partial charge in [-0.05, 0) is 48.7 Å². The monoisotopic (exact) mass is 653 g/mol. The van der Waals surface area contributed by atoms with Crippen LogP contribution in [0, 0.1) is 5.92 Å². The summed E-state index contributed by atoms with van der Waals surface area (Å²) in [6, 6.07) is 22.6. The standard InChI is InChI=1S/C36H39N5O7/c1-22-18-41(23(2)20-42)34(43)16-25-15-26(37-35(44)38-27-12-14-31-32(17-27)47-21-46-31)11-13-30(25)48-33(22)19-40(3)36(45)39-29-10-6-8-24-7-4-5-9-28(24)29/h4-15,17,22-23,33,42H,16,18-21H2,1-3H3,(H,39,45)(H2,37,38,44)/t22-,23+,33+/m0/s1. The Kier molecular flexibility index (Phi) is 9.53. The molecule has 0 saturated heterocycles. The third-order valence-corrected chi connectivity index (χ3v) is 8.64. The number of rotatable bonds is 7. The molecular formula is C36H39N5O7. The first-order chi connectivity index (χ1) is 23.2. The number of likely N-dealkylation sites (N-methyl/N-ethyl adjacent to an activating group) is 1. The summed E-state index contributed by atoms with van der Waals surface area (Å²) in [6.45, 7) is 4.23. The Labute approximate surface area is 278 Å². The van der Waals surface area contributed by atoms with E-state index in [-0.39, 0.29) is 44.2 Å². The number of carbonyl (C=O) groups is 3. The number of aliphatic hydroxyl groups is 1. The smallest absolute Gasteiger partial charge is 0.323 e. The second kappa shape index (κ2) is 14.1. The van der Waals surface area contributed by atoms with Gasteiger partial charge in [0.1, 0.15) is 11.9 Å². The van der Waals surface area contributed by atoms with Gasteiger partial charge in [-0.1, -0.05) is 43.3 Å². The Hall–Kier alpha value is -5.49. The molecule has 0 fully saturated rings.